The van der Waals surface area contributed by atoms with Gasteiger partial charge in [-0.2, -0.15) is 0 Å². The number of nitrogens with zero attached hydrogens (tertiary/aromatic N) is 4. The van der Waals surface area contributed by atoms with E-state index in [9.17, 15) is 4.79 Å². The Kier molecular flexibility index (Phi) is 4.24. The molecule has 0 spiro atoms. The minimum absolute atomic E-state index is 0.0829. The molecule has 1 amide bonds. The van der Waals surface area contributed by atoms with Crippen molar-refractivity contribution in [2.24, 2.45) is 0 Å². The van der Waals surface area contributed by atoms with Crippen LogP contribution in [0.15, 0.2) is 24.4 Å². The monoisotopic (exact) mass is 328 g/mol. The summed E-state index contributed by atoms with van der Waals surface area (Å²) >= 11 is 0. The Morgan fingerprint density at radius 3 is 2.92 bits per heavy atom. The van der Waals surface area contributed by atoms with Crippen LogP contribution in [0.3, 0.4) is 0 Å². The summed E-state index contributed by atoms with van der Waals surface area (Å²) < 4.78 is 7.93. The Morgan fingerprint density at radius 2 is 2.17 bits per heavy atom. The van der Waals surface area contributed by atoms with E-state index in [2.05, 4.69) is 33.6 Å². The molecule has 1 atom stereocenters. The van der Waals surface area contributed by atoms with Gasteiger partial charge in [0.1, 0.15) is 12.2 Å². The summed E-state index contributed by atoms with van der Waals surface area (Å²) in [5.74, 6) is 0.172. The van der Waals surface area contributed by atoms with E-state index >= 15 is 0 Å². The second-order valence-corrected chi connectivity index (χ2v) is 6.76. The molecule has 2 aliphatic rings. The van der Waals surface area contributed by atoms with E-state index in [0.29, 0.717) is 6.54 Å². The average Bonchev–Trinajstić information content (AvgIpc) is 3.23. The number of hydrogen-bond donors (Lipinski definition) is 0. The zero-order valence-electron chi connectivity index (χ0n) is 14.1. The molecule has 0 aromatic carbocycles. The minimum Gasteiger partial charge on any atom is -0.372 e. The van der Waals surface area contributed by atoms with Gasteiger partial charge in [0.05, 0.1) is 6.10 Å². The van der Waals surface area contributed by atoms with Crippen LogP contribution in [0.4, 0.5) is 0 Å². The zero-order valence-corrected chi connectivity index (χ0v) is 14.1. The van der Waals surface area contributed by atoms with Crippen molar-refractivity contribution in [3.63, 3.8) is 0 Å². The number of ether oxygens (including phenoxy) is 1. The van der Waals surface area contributed by atoms with E-state index in [-0.39, 0.29) is 12.0 Å². The molecule has 2 aromatic rings. The standard InChI is InChI=1S/C18H24N4O2/c1-20-7-9-21(10-8-20)17(23)13-22-15(16-5-3-11-24-16)12-14-4-2-6-19-18(14)22/h2,4,6,12,16H,3,5,7-11,13H2,1H3/t16-/m1/s1. The van der Waals surface area contributed by atoms with Crippen LogP contribution in [-0.4, -0.2) is 65.1 Å². The van der Waals surface area contributed by atoms with Crippen molar-refractivity contribution in [1.82, 2.24) is 19.4 Å². The van der Waals surface area contributed by atoms with E-state index in [1.54, 1.807) is 6.20 Å². The van der Waals surface area contributed by atoms with E-state index in [1.165, 1.54) is 0 Å². The van der Waals surface area contributed by atoms with Gasteiger partial charge in [0, 0.05) is 50.1 Å². The summed E-state index contributed by atoms with van der Waals surface area (Å²) in [6.07, 6.45) is 3.96. The van der Waals surface area contributed by atoms with Crippen LogP contribution in [0.5, 0.6) is 0 Å². The number of pyridine rings is 1. The molecule has 2 fully saturated rings. The van der Waals surface area contributed by atoms with E-state index in [0.717, 1.165) is 62.4 Å². The molecule has 2 aromatic heterocycles. The molecule has 6 heteroatoms. The predicted molar refractivity (Wildman–Crippen MR) is 91.7 cm³/mol. The average molecular weight is 328 g/mol. The summed E-state index contributed by atoms with van der Waals surface area (Å²) in [6.45, 7) is 4.63. The highest BCUT2D eigenvalue weighted by Gasteiger charge is 2.26. The number of rotatable bonds is 3. The molecule has 128 valence electrons. The summed E-state index contributed by atoms with van der Waals surface area (Å²) in [6, 6.07) is 6.13. The number of hydrogen-bond acceptors (Lipinski definition) is 4. The highest BCUT2D eigenvalue weighted by Crippen LogP contribution is 2.32. The van der Waals surface area contributed by atoms with Crippen molar-refractivity contribution >= 4 is 16.9 Å². The van der Waals surface area contributed by atoms with Crippen LogP contribution < -0.4 is 0 Å². The third-order valence-corrected chi connectivity index (χ3v) is 5.10. The fourth-order valence-corrected chi connectivity index (χ4v) is 3.64. The van der Waals surface area contributed by atoms with Gasteiger partial charge >= 0.3 is 0 Å². The van der Waals surface area contributed by atoms with Gasteiger partial charge in [-0.15, -0.1) is 0 Å². The largest absolute Gasteiger partial charge is 0.372 e. The highest BCUT2D eigenvalue weighted by molar-refractivity contribution is 5.82. The van der Waals surface area contributed by atoms with Crippen LogP contribution in [0.25, 0.3) is 11.0 Å². The maximum atomic E-state index is 12.8. The Labute approximate surface area is 142 Å². The molecule has 4 rings (SSSR count). The van der Waals surface area contributed by atoms with Crippen LogP contribution in [0, 0.1) is 0 Å². The molecule has 0 aliphatic carbocycles. The van der Waals surface area contributed by atoms with Crippen molar-refractivity contribution in [2.45, 2.75) is 25.5 Å². The van der Waals surface area contributed by atoms with Crippen molar-refractivity contribution in [3.8, 4) is 0 Å². The van der Waals surface area contributed by atoms with Crippen LogP contribution in [0.2, 0.25) is 0 Å². The predicted octanol–water partition coefficient (Wildman–Crippen LogP) is 1.66. The van der Waals surface area contributed by atoms with Gasteiger partial charge in [0.25, 0.3) is 0 Å². The molecule has 0 bridgehead atoms. The molecule has 0 unspecified atom stereocenters. The lowest BCUT2D eigenvalue weighted by atomic mass is 10.2. The molecule has 0 saturated carbocycles. The Morgan fingerprint density at radius 1 is 1.33 bits per heavy atom. The smallest absolute Gasteiger partial charge is 0.242 e. The first-order valence-electron chi connectivity index (χ1n) is 8.74. The molecule has 24 heavy (non-hydrogen) atoms. The van der Waals surface area contributed by atoms with E-state index in [4.69, 9.17) is 4.74 Å². The Hall–Kier alpha value is -1.92. The lowest BCUT2D eigenvalue weighted by Crippen LogP contribution is -2.48. The number of aromatic nitrogens is 2. The van der Waals surface area contributed by atoms with Crippen LogP contribution in [0.1, 0.15) is 24.6 Å². The Bertz CT molecular complexity index is 728. The number of likely N-dealkylation sites (N-methyl/N-ethyl adjacent to an activating group) is 1. The van der Waals surface area contributed by atoms with Crippen molar-refractivity contribution in [2.75, 3.05) is 39.8 Å². The first-order valence-corrected chi connectivity index (χ1v) is 8.74. The molecular weight excluding hydrogens is 304 g/mol. The first kappa shape index (κ1) is 15.6. The van der Waals surface area contributed by atoms with Gasteiger partial charge in [0.2, 0.25) is 5.91 Å². The van der Waals surface area contributed by atoms with Gasteiger partial charge in [-0.25, -0.2) is 4.98 Å². The number of carbonyl (C=O) groups is 1. The molecule has 0 radical (unpaired) electrons. The SMILES string of the molecule is CN1CCN(C(=O)Cn2c([C@H]3CCCO3)cc3cccnc32)CC1. The second-order valence-electron chi connectivity index (χ2n) is 6.76. The number of carbonyl (C=O) groups excluding carboxylic acids is 1. The molecule has 2 saturated heterocycles. The van der Waals surface area contributed by atoms with Crippen molar-refractivity contribution in [1.29, 1.82) is 0 Å². The molecule has 2 aliphatic heterocycles. The quantitative estimate of drug-likeness (QED) is 0.860. The molecule has 4 heterocycles. The zero-order chi connectivity index (χ0) is 16.5. The van der Waals surface area contributed by atoms with Gasteiger partial charge in [-0.05, 0) is 38.1 Å². The van der Waals surface area contributed by atoms with Gasteiger partial charge in [-0.1, -0.05) is 0 Å². The van der Waals surface area contributed by atoms with E-state index in [1.807, 2.05) is 11.0 Å². The van der Waals surface area contributed by atoms with Gasteiger partial charge in [0.15, 0.2) is 0 Å². The fourth-order valence-electron chi connectivity index (χ4n) is 3.64. The Balaban J connectivity index is 1.62. The highest BCUT2D eigenvalue weighted by atomic mass is 16.5. The maximum absolute atomic E-state index is 12.8. The van der Waals surface area contributed by atoms with Gasteiger partial charge in [-0.3, -0.25) is 4.79 Å². The lowest BCUT2D eigenvalue weighted by Gasteiger charge is -2.32. The third-order valence-electron chi connectivity index (χ3n) is 5.10. The van der Waals surface area contributed by atoms with Crippen molar-refractivity contribution < 1.29 is 9.53 Å². The van der Waals surface area contributed by atoms with Crippen molar-refractivity contribution in [3.05, 3.63) is 30.1 Å². The minimum atomic E-state index is 0.0829. The number of fused-ring (bicyclic) bond motifs is 1. The normalized spacial score (nSPS) is 22.4. The first-order chi connectivity index (χ1) is 11.7. The summed E-state index contributed by atoms with van der Waals surface area (Å²) in [5.41, 5.74) is 1.97. The maximum Gasteiger partial charge on any atom is 0.242 e. The fraction of sp³-hybridized carbons (Fsp3) is 0.556. The van der Waals surface area contributed by atoms with Crippen LogP contribution in [-0.2, 0) is 16.1 Å². The molecule has 6 nitrogen and oxygen atoms in total. The van der Waals surface area contributed by atoms with Gasteiger partial charge < -0.3 is 19.1 Å². The number of piperazine rings is 1. The summed E-state index contributed by atoms with van der Waals surface area (Å²) in [5, 5.41) is 1.08. The number of amides is 1. The second kappa shape index (κ2) is 6.53. The van der Waals surface area contributed by atoms with Crippen LogP contribution >= 0.6 is 0 Å². The summed E-state index contributed by atoms with van der Waals surface area (Å²) in [7, 11) is 2.10. The molecule has 0 N–H and O–H groups in total. The topological polar surface area (TPSA) is 50.6 Å². The molecular formula is C18H24N4O2. The summed E-state index contributed by atoms with van der Waals surface area (Å²) in [4.78, 5) is 21.5. The third kappa shape index (κ3) is 2.91. The lowest BCUT2D eigenvalue weighted by molar-refractivity contribution is -0.133. The van der Waals surface area contributed by atoms with E-state index < -0.39 is 0 Å².